The average Bonchev–Trinajstić information content (AvgIpc) is 3.03. The molecule has 0 radical (unpaired) electrons. The highest BCUT2D eigenvalue weighted by Crippen LogP contribution is 2.32. The maximum absolute atomic E-state index is 11.8. The molecule has 1 atom stereocenters. The van der Waals surface area contributed by atoms with Gasteiger partial charge < -0.3 is 28.4 Å². The van der Waals surface area contributed by atoms with Crippen molar-refractivity contribution in [1.29, 1.82) is 0 Å². The number of ether oxygens (including phenoxy) is 6. The SMILES string of the molecule is C=CC(=O)OC.COC(=O)CC(C)=O.COC(=O)CCC(C(C)=O)C(=O)OC.COC(=O)CCC(CCC(=O)OC)(C(C)=O)C(C)=O. The Morgan fingerprint density at radius 1 is 0.574 bits per heavy atom. The van der Waals surface area contributed by atoms with E-state index in [4.69, 9.17) is 0 Å². The summed E-state index contributed by atoms with van der Waals surface area (Å²) in [5, 5.41) is 0. The monoisotopic (exact) mass is 676 g/mol. The fraction of sp³-hybridized carbons (Fsp3) is 0.613. The number of Topliss-reactive ketones (excluding diaryl/α,β-unsaturated/α-hetero) is 4. The smallest absolute Gasteiger partial charge is 0.329 e. The van der Waals surface area contributed by atoms with Gasteiger partial charge in [0, 0.05) is 25.3 Å². The predicted octanol–water partition coefficient (Wildman–Crippen LogP) is 1.86. The summed E-state index contributed by atoms with van der Waals surface area (Å²) in [6.45, 7) is 8.37. The summed E-state index contributed by atoms with van der Waals surface area (Å²) in [6, 6.07) is 0. The molecule has 0 aromatic carbocycles. The van der Waals surface area contributed by atoms with Crippen LogP contribution in [0.15, 0.2) is 12.7 Å². The summed E-state index contributed by atoms with van der Waals surface area (Å²) in [5.74, 6) is -4.96. The second-order valence-electron chi connectivity index (χ2n) is 9.33. The molecule has 0 amide bonds. The van der Waals surface area contributed by atoms with Crippen LogP contribution in [0, 0.1) is 11.3 Å². The molecule has 0 saturated carbocycles. The lowest BCUT2D eigenvalue weighted by Gasteiger charge is -2.27. The number of carbonyl (C=O) groups is 10. The number of rotatable bonds is 16. The van der Waals surface area contributed by atoms with Crippen molar-refractivity contribution in [3.05, 3.63) is 12.7 Å². The van der Waals surface area contributed by atoms with Gasteiger partial charge in [-0.15, -0.1) is 0 Å². The minimum absolute atomic E-state index is 0.0375. The van der Waals surface area contributed by atoms with Gasteiger partial charge in [0.2, 0.25) is 0 Å². The fourth-order valence-electron chi connectivity index (χ4n) is 3.26. The van der Waals surface area contributed by atoms with E-state index >= 15 is 0 Å². The van der Waals surface area contributed by atoms with Crippen molar-refractivity contribution in [2.75, 3.05) is 42.7 Å². The van der Waals surface area contributed by atoms with Crippen molar-refractivity contribution in [3.8, 4) is 0 Å². The molecule has 0 saturated heterocycles. The standard InChI is InChI=1S/C13H20O6.C9H14O5.C5H8O3.C4H6O2/c1-9(14)13(10(2)15,7-5-11(16)18-3)8-6-12(17)19-4;1-6(10)7(9(12)14-3)4-5-8(11)13-2;1-4(6)3-5(7)8-2;1-3-4(5)6-2/h5-8H2,1-4H3;7H,4-5H2,1-3H3;3H2,1-2H3;3H,1H2,2H3. The summed E-state index contributed by atoms with van der Waals surface area (Å²) >= 11 is 0. The molecule has 1 unspecified atom stereocenters. The predicted molar refractivity (Wildman–Crippen MR) is 163 cm³/mol. The van der Waals surface area contributed by atoms with Crippen LogP contribution in [0.4, 0.5) is 0 Å². The summed E-state index contributed by atoms with van der Waals surface area (Å²) in [4.78, 5) is 109. The van der Waals surface area contributed by atoms with Gasteiger partial charge in [0.15, 0.2) is 0 Å². The van der Waals surface area contributed by atoms with E-state index in [0.717, 1.165) is 6.08 Å². The van der Waals surface area contributed by atoms with E-state index in [1.54, 1.807) is 0 Å². The van der Waals surface area contributed by atoms with E-state index in [1.807, 2.05) is 0 Å². The Balaban J connectivity index is -0.000000288. The molecular weight excluding hydrogens is 628 g/mol. The number of carbonyl (C=O) groups excluding carboxylic acids is 10. The maximum Gasteiger partial charge on any atom is 0.329 e. The molecule has 0 aromatic rings. The van der Waals surface area contributed by atoms with Crippen molar-refractivity contribution in [2.45, 2.75) is 72.6 Å². The summed E-state index contributed by atoms with van der Waals surface area (Å²) in [7, 11) is 7.49. The Kier molecular flexibility index (Phi) is 30.0. The van der Waals surface area contributed by atoms with Crippen LogP contribution in [0.3, 0.4) is 0 Å². The molecule has 0 N–H and O–H groups in total. The summed E-state index contributed by atoms with van der Waals surface area (Å²) in [5.41, 5.74) is -1.32. The van der Waals surface area contributed by atoms with E-state index in [-0.39, 0.29) is 68.1 Å². The third-order valence-electron chi connectivity index (χ3n) is 6.15. The Morgan fingerprint density at radius 3 is 1.17 bits per heavy atom. The Bertz CT molecular complexity index is 1050. The molecule has 0 aliphatic heterocycles. The fourth-order valence-corrected chi connectivity index (χ4v) is 3.26. The molecule has 268 valence electrons. The van der Waals surface area contributed by atoms with Crippen LogP contribution in [0.5, 0.6) is 0 Å². The lowest BCUT2D eigenvalue weighted by Crippen LogP contribution is -2.38. The average molecular weight is 677 g/mol. The number of hydrogen-bond acceptors (Lipinski definition) is 16. The van der Waals surface area contributed by atoms with Gasteiger partial charge in [0.05, 0.1) is 48.1 Å². The van der Waals surface area contributed by atoms with Crippen molar-refractivity contribution in [1.82, 2.24) is 0 Å². The van der Waals surface area contributed by atoms with Crippen LogP contribution >= 0.6 is 0 Å². The van der Waals surface area contributed by atoms with Crippen molar-refractivity contribution < 1.29 is 76.4 Å². The number of hydrogen-bond donors (Lipinski definition) is 0. The van der Waals surface area contributed by atoms with Crippen LogP contribution in [0.1, 0.15) is 72.6 Å². The third kappa shape index (κ3) is 25.2. The Hall–Kier alpha value is -4.76. The van der Waals surface area contributed by atoms with Gasteiger partial charge in [0.1, 0.15) is 35.5 Å². The second-order valence-corrected chi connectivity index (χ2v) is 9.33. The van der Waals surface area contributed by atoms with Gasteiger partial charge in [-0.1, -0.05) is 6.58 Å². The quantitative estimate of drug-likeness (QED) is 0.0983. The van der Waals surface area contributed by atoms with Crippen LogP contribution < -0.4 is 0 Å². The molecule has 0 heterocycles. The zero-order chi connectivity index (χ0) is 37.8. The molecule has 16 nitrogen and oxygen atoms in total. The lowest BCUT2D eigenvalue weighted by molar-refractivity contribution is -0.151. The number of methoxy groups -OCH3 is 6. The van der Waals surface area contributed by atoms with Crippen LogP contribution in [-0.2, 0) is 76.4 Å². The third-order valence-corrected chi connectivity index (χ3v) is 6.15. The molecule has 0 aliphatic carbocycles. The van der Waals surface area contributed by atoms with E-state index in [9.17, 15) is 47.9 Å². The first-order valence-corrected chi connectivity index (χ1v) is 13.9. The van der Waals surface area contributed by atoms with E-state index < -0.39 is 47.1 Å². The van der Waals surface area contributed by atoms with Crippen molar-refractivity contribution in [3.63, 3.8) is 0 Å². The van der Waals surface area contributed by atoms with E-state index in [2.05, 4.69) is 35.0 Å². The lowest BCUT2D eigenvalue weighted by atomic mass is 9.73. The maximum atomic E-state index is 11.8. The topological polar surface area (TPSA) is 226 Å². The van der Waals surface area contributed by atoms with Gasteiger partial charge in [-0.25, -0.2) is 4.79 Å². The molecule has 0 fully saturated rings. The van der Waals surface area contributed by atoms with Crippen LogP contribution in [0.2, 0.25) is 0 Å². The Morgan fingerprint density at radius 2 is 0.957 bits per heavy atom. The molecule has 0 aliphatic rings. The normalized spacial score (nSPS) is 10.1. The first kappa shape index (κ1) is 49.1. The summed E-state index contributed by atoms with van der Waals surface area (Å²) < 4.78 is 26.2. The number of ketones is 4. The molecule has 0 spiro atoms. The van der Waals surface area contributed by atoms with Crippen molar-refractivity contribution >= 4 is 58.9 Å². The highest BCUT2D eigenvalue weighted by Gasteiger charge is 2.40. The van der Waals surface area contributed by atoms with Crippen LogP contribution in [0.25, 0.3) is 0 Å². The largest absolute Gasteiger partial charge is 0.469 e. The zero-order valence-corrected chi connectivity index (χ0v) is 28.8. The molecule has 0 rings (SSSR count). The van der Waals surface area contributed by atoms with Gasteiger partial charge in [0.25, 0.3) is 0 Å². The first-order valence-electron chi connectivity index (χ1n) is 13.9. The zero-order valence-electron chi connectivity index (χ0n) is 28.8. The second kappa shape index (κ2) is 28.7. The Labute approximate surface area is 274 Å². The molecule has 0 aromatic heterocycles. The minimum Gasteiger partial charge on any atom is -0.469 e. The van der Waals surface area contributed by atoms with Gasteiger partial charge in [-0.05, 0) is 47.0 Å². The van der Waals surface area contributed by atoms with Crippen molar-refractivity contribution in [2.24, 2.45) is 11.3 Å². The highest BCUT2D eigenvalue weighted by molar-refractivity contribution is 6.05. The minimum atomic E-state index is -1.32. The van der Waals surface area contributed by atoms with Gasteiger partial charge in [-0.2, -0.15) is 0 Å². The summed E-state index contributed by atoms with van der Waals surface area (Å²) in [6.07, 6.45) is 1.16. The molecule has 16 heteroatoms. The first-order chi connectivity index (χ1) is 21.8. The van der Waals surface area contributed by atoms with E-state index in [1.165, 1.54) is 70.4 Å². The van der Waals surface area contributed by atoms with Crippen LogP contribution in [-0.4, -0.2) is 102 Å². The highest BCUT2D eigenvalue weighted by atomic mass is 16.5. The van der Waals surface area contributed by atoms with Gasteiger partial charge in [-0.3, -0.25) is 43.2 Å². The molecular formula is C31H48O16. The number of esters is 6. The molecule has 0 bridgehead atoms. The van der Waals surface area contributed by atoms with Gasteiger partial charge >= 0.3 is 35.8 Å². The molecule has 47 heavy (non-hydrogen) atoms. The van der Waals surface area contributed by atoms with E-state index in [0.29, 0.717) is 0 Å².